The maximum Gasteiger partial charge on any atom is 0.239 e. The number of hydrogen-bond acceptors (Lipinski definition) is 3. The van der Waals surface area contributed by atoms with Gasteiger partial charge in [-0.15, -0.1) is 0 Å². The molecule has 0 aliphatic rings. The Morgan fingerprint density at radius 2 is 1.95 bits per heavy atom. The van der Waals surface area contributed by atoms with Crippen LogP contribution in [-0.2, 0) is 16.0 Å². The van der Waals surface area contributed by atoms with Gasteiger partial charge >= 0.3 is 0 Å². The van der Waals surface area contributed by atoms with Gasteiger partial charge in [0.2, 0.25) is 11.8 Å². The SMILES string of the molecule is CC(=O)N(CCc1cccc(Cl)c1)CC(=O)NCCN(C)C. The topological polar surface area (TPSA) is 52.7 Å². The standard InChI is InChI=1S/C16H24ClN3O2/c1-13(21)20(12-16(22)18-8-10-19(2)3)9-7-14-5-4-6-15(17)11-14/h4-6,11H,7-10,12H2,1-3H3,(H,18,22). The molecule has 0 unspecified atom stereocenters. The van der Waals surface area contributed by atoms with E-state index in [1.807, 2.05) is 43.3 Å². The van der Waals surface area contributed by atoms with Crippen molar-refractivity contribution in [3.8, 4) is 0 Å². The number of hydrogen-bond donors (Lipinski definition) is 1. The number of nitrogens with zero attached hydrogens (tertiary/aromatic N) is 2. The smallest absolute Gasteiger partial charge is 0.239 e. The van der Waals surface area contributed by atoms with Crippen LogP contribution in [0.15, 0.2) is 24.3 Å². The summed E-state index contributed by atoms with van der Waals surface area (Å²) in [4.78, 5) is 27.1. The van der Waals surface area contributed by atoms with Crippen molar-refractivity contribution in [1.29, 1.82) is 0 Å². The van der Waals surface area contributed by atoms with Gasteiger partial charge < -0.3 is 15.1 Å². The summed E-state index contributed by atoms with van der Waals surface area (Å²) in [7, 11) is 3.89. The van der Waals surface area contributed by atoms with E-state index in [1.165, 1.54) is 6.92 Å². The molecule has 0 saturated carbocycles. The molecule has 1 N–H and O–H groups in total. The van der Waals surface area contributed by atoms with Gasteiger partial charge in [-0.25, -0.2) is 0 Å². The maximum absolute atomic E-state index is 11.9. The van der Waals surface area contributed by atoms with Gasteiger partial charge in [0.25, 0.3) is 0 Å². The van der Waals surface area contributed by atoms with E-state index >= 15 is 0 Å². The van der Waals surface area contributed by atoms with Gasteiger partial charge in [0.1, 0.15) is 0 Å². The number of amides is 2. The van der Waals surface area contributed by atoms with Crippen molar-refractivity contribution in [2.45, 2.75) is 13.3 Å². The summed E-state index contributed by atoms with van der Waals surface area (Å²) in [6.45, 7) is 3.41. The first-order valence-electron chi connectivity index (χ1n) is 7.30. The molecule has 5 nitrogen and oxygen atoms in total. The van der Waals surface area contributed by atoms with Crippen molar-refractivity contribution in [3.05, 3.63) is 34.9 Å². The fraction of sp³-hybridized carbons (Fsp3) is 0.500. The van der Waals surface area contributed by atoms with Gasteiger partial charge in [0.15, 0.2) is 0 Å². The summed E-state index contributed by atoms with van der Waals surface area (Å²) in [5.74, 6) is -0.243. The maximum atomic E-state index is 11.9. The van der Waals surface area contributed by atoms with Gasteiger partial charge in [0.05, 0.1) is 6.54 Å². The van der Waals surface area contributed by atoms with Crippen molar-refractivity contribution in [2.75, 3.05) is 40.3 Å². The second-order valence-corrected chi connectivity index (χ2v) is 5.91. The van der Waals surface area contributed by atoms with E-state index in [2.05, 4.69) is 5.32 Å². The highest BCUT2D eigenvalue weighted by atomic mass is 35.5. The molecule has 122 valence electrons. The summed E-state index contributed by atoms with van der Waals surface area (Å²) in [6.07, 6.45) is 0.672. The third-order valence-corrected chi connectivity index (χ3v) is 3.46. The van der Waals surface area contributed by atoms with Crippen LogP contribution in [0.1, 0.15) is 12.5 Å². The minimum absolute atomic E-state index is 0.0866. The van der Waals surface area contributed by atoms with Gasteiger partial charge in [-0.1, -0.05) is 23.7 Å². The van der Waals surface area contributed by atoms with Crippen molar-refractivity contribution in [2.24, 2.45) is 0 Å². The number of carbonyl (C=O) groups excluding carboxylic acids is 2. The Balaban J connectivity index is 2.45. The van der Waals surface area contributed by atoms with Crippen LogP contribution in [-0.4, -0.2) is 61.9 Å². The molecule has 0 atom stereocenters. The quantitative estimate of drug-likeness (QED) is 0.786. The summed E-state index contributed by atoms with van der Waals surface area (Å²) in [5, 5.41) is 3.49. The zero-order chi connectivity index (χ0) is 16.5. The first kappa shape index (κ1) is 18.5. The fourth-order valence-corrected chi connectivity index (χ4v) is 2.17. The molecular weight excluding hydrogens is 302 g/mol. The Labute approximate surface area is 137 Å². The first-order chi connectivity index (χ1) is 10.4. The second kappa shape index (κ2) is 9.43. The Morgan fingerprint density at radius 1 is 1.23 bits per heavy atom. The molecule has 0 radical (unpaired) electrons. The van der Waals surface area contributed by atoms with E-state index < -0.39 is 0 Å². The lowest BCUT2D eigenvalue weighted by molar-refractivity contribution is -0.134. The normalized spacial score (nSPS) is 10.6. The number of likely N-dealkylation sites (N-methyl/N-ethyl adjacent to an activating group) is 1. The predicted octanol–water partition coefficient (Wildman–Crippen LogP) is 1.41. The lowest BCUT2D eigenvalue weighted by Crippen LogP contribution is -2.42. The molecule has 0 saturated heterocycles. The lowest BCUT2D eigenvalue weighted by atomic mass is 10.1. The second-order valence-electron chi connectivity index (χ2n) is 5.47. The van der Waals surface area contributed by atoms with Crippen LogP contribution in [0.2, 0.25) is 5.02 Å². The number of rotatable bonds is 8. The van der Waals surface area contributed by atoms with Crippen LogP contribution < -0.4 is 5.32 Å². The van der Waals surface area contributed by atoms with Gasteiger partial charge in [-0.3, -0.25) is 9.59 Å². The molecule has 0 heterocycles. The average Bonchev–Trinajstić information content (AvgIpc) is 2.42. The first-order valence-corrected chi connectivity index (χ1v) is 7.67. The summed E-state index contributed by atoms with van der Waals surface area (Å²) >= 11 is 5.94. The Kier molecular flexibility index (Phi) is 7.91. The van der Waals surface area contributed by atoms with Crippen LogP contribution in [0, 0.1) is 0 Å². The largest absolute Gasteiger partial charge is 0.353 e. The van der Waals surface area contributed by atoms with Crippen LogP contribution in [0.4, 0.5) is 0 Å². The molecule has 6 heteroatoms. The minimum Gasteiger partial charge on any atom is -0.353 e. The predicted molar refractivity (Wildman–Crippen MR) is 89.0 cm³/mol. The van der Waals surface area contributed by atoms with Crippen LogP contribution in [0.5, 0.6) is 0 Å². The van der Waals surface area contributed by atoms with Crippen LogP contribution in [0.3, 0.4) is 0 Å². The fourth-order valence-electron chi connectivity index (χ4n) is 1.95. The molecule has 1 aromatic carbocycles. The third-order valence-electron chi connectivity index (χ3n) is 3.22. The van der Waals surface area contributed by atoms with E-state index in [0.29, 0.717) is 24.5 Å². The van der Waals surface area contributed by atoms with Crippen molar-refractivity contribution in [3.63, 3.8) is 0 Å². The Morgan fingerprint density at radius 3 is 2.55 bits per heavy atom. The molecule has 0 bridgehead atoms. The van der Waals surface area contributed by atoms with Crippen LogP contribution >= 0.6 is 11.6 Å². The van der Waals surface area contributed by atoms with Crippen molar-refractivity contribution >= 4 is 23.4 Å². The number of benzene rings is 1. The molecule has 0 fully saturated rings. The molecule has 0 aromatic heterocycles. The zero-order valence-corrected chi connectivity index (χ0v) is 14.2. The Hall–Kier alpha value is -1.59. The molecule has 1 rings (SSSR count). The highest BCUT2D eigenvalue weighted by Gasteiger charge is 2.13. The molecule has 0 spiro atoms. The summed E-state index contributed by atoms with van der Waals surface area (Å²) in [6, 6.07) is 7.52. The molecule has 1 aromatic rings. The summed E-state index contributed by atoms with van der Waals surface area (Å²) in [5.41, 5.74) is 1.05. The molecule has 22 heavy (non-hydrogen) atoms. The minimum atomic E-state index is -0.136. The van der Waals surface area contributed by atoms with Crippen molar-refractivity contribution in [1.82, 2.24) is 15.1 Å². The van der Waals surface area contributed by atoms with E-state index in [4.69, 9.17) is 11.6 Å². The molecule has 0 aliphatic carbocycles. The zero-order valence-electron chi connectivity index (χ0n) is 13.4. The molecule has 2 amide bonds. The van der Waals surface area contributed by atoms with E-state index in [1.54, 1.807) is 4.90 Å². The third kappa shape index (κ3) is 7.43. The monoisotopic (exact) mass is 325 g/mol. The highest BCUT2D eigenvalue weighted by molar-refractivity contribution is 6.30. The van der Waals surface area contributed by atoms with Gasteiger partial charge in [-0.05, 0) is 38.2 Å². The van der Waals surface area contributed by atoms with E-state index in [9.17, 15) is 9.59 Å². The summed E-state index contributed by atoms with van der Waals surface area (Å²) < 4.78 is 0. The average molecular weight is 326 g/mol. The highest BCUT2D eigenvalue weighted by Crippen LogP contribution is 2.11. The number of halogens is 1. The van der Waals surface area contributed by atoms with Crippen LogP contribution in [0.25, 0.3) is 0 Å². The molecular formula is C16H24ClN3O2. The number of carbonyl (C=O) groups is 2. The molecule has 0 aliphatic heterocycles. The van der Waals surface area contributed by atoms with Crippen molar-refractivity contribution < 1.29 is 9.59 Å². The van der Waals surface area contributed by atoms with E-state index in [-0.39, 0.29) is 18.4 Å². The van der Waals surface area contributed by atoms with Gasteiger partial charge in [0, 0.05) is 31.6 Å². The van der Waals surface area contributed by atoms with Gasteiger partial charge in [-0.2, -0.15) is 0 Å². The van der Waals surface area contributed by atoms with E-state index in [0.717, 1.165) is 12.1 Å². The lowest BCUT2D eigenvalue weighted by Gasteiger charge is -2.21. The number of nitrogens with one attached hydrogen (secondary N) is 1. The Bertz CT molecular complexity index is 506.